The Kier molecular flexibility index (Phi) is 5.03. The lowest BCUT2D eigenvalue weighted by molar-refractivity contribution is -0.0786. The average Bonchev–Trinajstić information content (AvgIpc) is 2.56. The summed E-state index contributed by atoms with van der Waals surface area (Å²) >= 11 is 7.02. The molecule has 0 aromatic carbocycles. The number of rotatable bonds is 3. The smallest absolute Gasteiger partial charge is 0.173 e. The number of pyridine rings is 2. The lowest BCUT2D eigenvalue weighted by Gasteiger charge is -2.34. The summed E-state index contributed by atoms with van der Waals surface area (Å²) < 4.78 is 5.71. The highest BCUT2D eigenvalue weighted by Crippen LogP contribution is 2.30. The lowest BCUT2D eigenvalue weighted by atomic mass is 10.1. The van der Waals surface area contributed by atoms with E-state index >= 15 is 0 Å². The van der Waals surface area contributed by atoms with Crippen molar-refractivity contribution in [1.82, 2.24) is 9.97 Å². The molecule has 0 aliphatic carbocycles. The number of aromatic nitrogens is 2. The predicted molar refractivity (Wildman–Crippen MR) is 87.4 cm³/mol. The number of ether oxygens (including phenoxy) is 1. The summed E-state index contributed by atoms with van der Waals surface area (Å²) in [5, 5.41) is 29.6. The van der Waals surface area contributed by atoms with E-state index in [9.17, 15) is 15.3 Å². The molecule has 6 nitrogen and oxygen atoms in total. The molecule has 23 heavy (non-hydrogen) atoms. The molecule has 0 saturated carbocycles. The first kappa shape index (κ1) is 16.5. The Labute approximate surface area is 142 Å². The van der Waals surface area contributed by atoms with Crippen molar-refractivity contribution in [3.05, 3.63) is 41.9 Å². The van der Waals surface area contributed by atoms with Crippen LogP contribution >= 0.6 is 23.4 Å². The zero-order valence-corrected chi connectivity index (χ0v) is 13.5. The highest BCUT2D eigenvalue weighted by Gasteiger charge is 2.38. The molecule has 1 fully saturated rings. The van der Waals surface area contributed by atoms with Gasteiger partial charge in [-0.15, -0.1) is 11.8 Å². The number of aliphatic hydroxyl groups excluding tert-OH is 3. The van der Waals surface area contributed by atoms with Crippen LogP contribution in [0.1, 0.15) is 0 Å². The minimum Gasteiger partial charge on any atom is -0.475 e. The molecular formula is C15H15ClN2O4S. The van der Waals surface area contributed by atoms with Gasteiger partial charge in [0.05, 0.1) is 12.3 Å². The molecule has 4 atom stereocenters. The molecule has 0 radical (unpaired) electrons. The highest BCUT2D eigenvalue weighted by atomic mass is 35.5. The standard InChI is InChI=1S/C15H15ClN2O4S/c16-12-2-1-8(5-18-12)9-3-10(6-17-4-9)22-15-14(21)13(20)11(19)7-23-15/h1-6,11,13-15,19-21H,7H2/t11-,13+,14-,15+/m1/s1. The van der Waals surface area contributed by atoms with Crippen LogP contribution in [0.2, 0.25) is 5.15 Å². The van der Waals surface area contributed by atoms with Crippen LogP contribution in [-0.2, 0) is 0 Å². The largest absolute Gasteiger partial charge is 0.475 e. The minimum absolute atomic E-state index is 0.289. The van der Waals surface area contributed by atoms with Crippen LogP contribution in [0.15, 0.2) is 36.8 Å². The van der Waals surface area contributed by atoms with Crippen molar-refractivity contribution in [3.8, 4) is 16.9 Å². The fourth-order valence-electron chi connectivity index (χ4n) is 2.20. The number of nitrogens with zero attached hydrogens (tertiary/aromatic N) is 2. The van der Waals surface area contributed by atoms with E-state index in [-0.39, 0.29) is 5.75 Å². The Morgan fingerprint density at radius 2 is 1.91 bits per heavy atom. The monoisotopic (exact) mass is 354 g/mol. The van der Waals surface area contributed by atoms with Gasteiger partial charge >= 0.3 is 0 Å². The van der Waals surface area contributed by atoms with Crippen LogP contribution in [0.25, 0.3) is 11.1 Å². The van der Waals surface area contributed by atoms with Gasteiger partial charge in [0.2, 0.25) is 0 Å². The molecule has 0 unspecified atom stereocenters. The fraction of sp³-hybridized carbons (Fsp3) is 0.333. The molecule has 1 aliphatic rings. The summed E-state index contributed by atoms with van der Waals surface area (Å²) in [6, 6.07) is 5.27. The molecule has 2 aromatic heterocycles. The van der Waals surface area contributed by atoms with Crippen molar-refractivity contribution in [3.63, 3.8) is 0 Å². The second kappa shape index (κ2) is 7.02. The summed E-state index contributed by atoms with van der Waals surface area (Å²) in [7, 11) is 0. The Balaban J connectivity index is 1.76. The lowest BCUT2D eigenvalue weighted by Crippen LogP contribution is -2.50. The van der Waals surface area contributed by atoms with E-state index in [1.165, 1.54) is 18.0 Å². The fourth-order valence-corrected chi connectivity index (χ4v) is 3.44. The molecular weight excluding hydrogens is 340 g/mol. The van der Waals surface area contributed by atoms with Crippen LogP contribution in [0.5, 0.6) is 5.75 Å². The van der Waals surface area contributed by atoms with E-state index in [0.717, 1.165) is 11.1 Å². The molecule has 0 bridgehead atoms. The van der Waals surface area contributed by atoms with Gasteiger partial charge in [-0.1, -0.05) is 11.6 Å². The Morgan fingerprint density at radius 1 is 1.09 bits per heavy atom. The van der Waals surface area contributed by atoms with Gasteiger partial charge in [-0.05, 0) is 18.2 Å². The maximum atomic E-state index is 9.99. The van der Waals surface area contributed by atoms with Crippen molar-refractivity contribution >= 4 is 23.4 Å². The second-order valence-corrected chi connectivity index (χ2v) is 6.67. The van der Waals surface area contributed by atoms with Crippen molar-refractivity contribution in [2.24, 2.45) is 0 Å². The maximum Gasteiger partial charge on any atom is 0.173 e. The van der Waals surface area contributed by atoms with Gasteiger partial charge < -0.3 is 20.1 Å². The first-order valence-corrected chi connectivity index (χ1v) is 8.37. The van der Waals surface area contributed by atoms with Gasteiger partial charge in [-0.3, -0.25) is 4.98 Å². The van der Waals surface area contributed by atoms with Crippen molar-refractivity contribution < 1.29 is 20.1 Å². The third-order valence-electron chi connectivity index (χ3n) is 3.48. The van der Waals surface area contributed by atoms with E-state index in [2.05, 4.69) is 9.97 Å². The van der Waals surface area contributed by atoms with E-state index in [1.807, 2.05) is 6.07 Å². The van der Waals surface area contributed by atoms with Crippen LogP contribution in [0.4, 0.5) is 0 Å². The number of hydrogen-bond acceptors (Lipinski definition) is 7. The average molecular weight is 355 g/mol. The molecule has 0 spiro atoms. The molecule has 1 aliphatic heterocycles. The maximum absolute atomic E-state index is 9.99. The molecule has 0 amide bonds. The van der Waals surface area contributed by atoms with Gasteiger partial charge in [0.1, 0.15) is 23.1 Å². The van der Waals surface area contributed by atoms with Crippen LogP contribution < -0.4 is 4.74 Å². The zero-order valence-electron chi connectivity index (χ0n) is 11.9. The first-order valence-electron chi connectivity index (χ1n) is 6.94. The Morgan fingerprint density at radius 3 is 2.65 bits per heavy atom. The number of hydrogen-bond donors (Lipinski definition) is 3. The van der Waals surface area contributed by atoms with Gasteiger partial charge in [0.15, 0.2) is 5.44 Å². The molecule has 3 heterocycles. The summed E-state index contributed by atoms with van der Waals surface area (Å²) in [5.41, 5.74) is 0.955. The molecule has 8 heteroatoms. The van der Waals surface area contributed by atoms with Gasteiger partial charge in [-0.25, -0.2) is 4.98 Å². The third kappa shape index (κ3) is 3.76. The van der Waals surface area contributed by atoms with E-state index in [1.54, 1.807) is 24.5 Å². The quantitative estimate of drug-likeness (QED) is 0.715. The summed E-state index contributed by atoms with van der Waals surface area (Å²) in [4.78, 5) is 8.14. The van der Waals surface area contributed by atoms with Gasteiger partial charge in [0.25, 0.3) is 0 Å². The Bertz CT molecular complexity index is 673. The molecule has 3 rings (SSSR count). The normalized spacial score (nSPS) is 27.7. The molecule has 1 saturated heterocycles. The van der Waals surface area contributed by atoms with Crippen molar-refractivity contribution in [1.29, 1.82) is 0 Å². The summed E-state index contributed by atoms with van der Waals surface area (Å²) in [5.74, 6) is 0.745. The predicted octanol–water partition coefficient (Wildman–Crippen LogP) is 1.33. The van der Waals surface area contributed by atoms with E-state index in [0.29, 0.717) is 10.9 Å². The molecule has 2 aromatic rings. The third-order valence-corrected chi connectivity index (χ3v) is 4.94. The van der Waals surface area contributed by atoms with E-state index < -0.39 is 23.7 Å². The van der Waals surface area contributed by atoms with Crippen LogP contribution in [-0.4, -0.2) is 54.8 Å². The number of halogens is 1. The molecule has 122 valence electrons. The zero-order chi connectivity index (χ0) is 16.4. The summed E-state index contributed by atoms with van der Waals surface area (Å²) in [6.45, 7) is 0. The first-order chi connectivity index (χ1) is 11.0. The van der Waals surface area contributed by atoms with E-state index in [4.69, 9.17) is 16.3 Å². The summed E-state index contributed by atoms with van der Waals surface area (Å²) in [6.07, 6.45) is 1.47. The highest BCUT2D eigenvalue weighted by molar-refractivity contribution is 7.99. The molecule has 3 N–H and O–H groups in total. The van der Waals surface area contributed by atoms with Crippen LogP contribution in [0, 0.1) is 0 Å². The van der Waals surface area contributed by atoms with Gasteiger partial charge in [-0.2, -0.15) is 0 Å². The Hall–Kier alpha value is -1.38. The van der Waals surface area contributed by atoms with Crippen LogP contribution in [0.3, 0.4) is 0 Å². The van der Waals surface area contributed by atoms with Crippen molar-refractivity contribution in [2.45, 2.75) is 23.7 Å². The van der Waals surface area contributed by atoms with Gasteiger partial charge in [0, 0.05) is 29.3 Å². The number of thioether (sulfide) groups is 1. The SMILES string of the molecule is O[C@@H]1[C@@H](O)[C@@H](Oc2cncc(-c3ccc(Cl)nc3)c2)SC[C@H]1O. The minimum atomic E-state index is -1.22. The number of aliphatic hydroxyl groups is 3. The van der Waals surface area contributed by atoms with Crippen molar-refractivity contribution in [2.75, 3.05) is 5.75 Å². The topological polar surface area (TPSA) is 95.7 Å². The second-order valence-electron chi connectivity index (χ2n) is 5.15.